The third-order valence-corrected chi connectivity index (χ3v) is 7.02. The first-order valence-corrected chi connectivity index (χ1v) is 9.47. The highest BCUT2D eigenvalue weighted by Gasteiger charge is 2.32. The molecule has 0 fully saturated rings. The van der Waals surface area contributed by atoms with E-state index in [1.807, 2.05) is 40.1 Å². The molecule has 0 saturated carbocycles. The largest absolute Gasteiger partial charge is 0.315 e. The van der Waals surface area contributed by atoms with Crippen LogP contribution >= 0.6 is 11.3 Å². The van der Waals surface area contributed by atoms with E-state index in [9.17, 15) is 8.42 Å². The maximum absolute atomic E-state index is 12.8. The van der Waals surface area contributed by atoms with E-state index in [0.29, 0.717) is 11.4 Å². The van der Waals surface area contributed by atoms with Gasteiger partial charge in [0.1, 0.15) is 4.90 Å². The quantitative estimate of drug-likeness (QED) is 0.774. The van der Waals surface area contributed by atoms with Crippen LogP contribution in [0.2, 0.25) is 0 Å². The van der Waals surface area contributed by atoms with Gasteiger partial charge in [0, 0.05) is 17.0 Å². The molecule has 1 aromatic rings. The second kappa shape index (κ2) is 7.02. The van der Waals surface area contributed by atoms with Gasteiger partial charge in [0.2, 0.25) is 10.0 Å². The summed E-state index contributed by atoms with van der Waals surface area (Å²) in [5, 5.41) is 4.94. The van der Waals surface area contributed by atoms with Crippen molar-refractivity contribution in [1.82, 2.24) is 10.0 Å². The van der Waals surface area contributed by atoms with E-state index in [1.54, 1.807) is 0 Å². The summed E-state index contributed by atoms with van der Waals surface area (Å²) in [7, 11) is -1.65. The first-order valence-electron chi connectivity index (χ1n) is 7.11. The Kier molecular flexibility index (Phi) is 6.19. The number of nitrogens with one attached hydrogen (secondary N) is 2. The predicted octanol–water partition coefficient (Wildman–Crippen LogP) is 3.02. The van der Waals surface area contributed by atoms with Crippen LogP contribution in [-0.2, 0) is 16.6 Å². The number of rotatable bonds is 8. The molecule has 1 rings (SSSR count). The zero-order chi connectivity index (χ0) is 15.4. The molecule has 1 aromatic heterocycles. The fourth-order valence-corrected chi connectivity index (χ4v) is 5.87. The first-order chi connectivity index (χ1) is 9.35. The summed E-state index contributed by atoms with van der Waals surface area (Å²) < 4.78 is 28.5. The summed E-state index contributed by atoms with van der Waals surface area (Å²) in [4.78, 5) is 1.33. The lowest BCUT2D eigenvalue weighted by Gasteiger charge is -2.31. The molecule has 0 aliphatic carbocycles. The first kappa shape index (κ1) is 17.6. The minimum atomic E-state index is -3.47. The standard InChI is InChI=1S/C14H26N2O2S2/c1-6-14(7-2,8-3)16-20(17,18)13-11(4)10-19-12(13)9-15-5/h10,15-16H,6-9H2,1-5H3. The molecule has 0 aromatic carbocycles. The van der Waals surface area contributed by atoms with E-state index < -0.39 is 10.0 Å². The summed E-state index contributed by atoms with van der Waals surface area (Å²) in [6.45, 7) is 8.53. The van der Waals surface area contributed by atoms with E-state index >= 15 is 0 Å². The molecule has 0 saturated heterocycles. The van der Waals surface area contributed by atoms with Gasteiger partial charge >= 0.3 is 0 Å². The minimum Gasteiger partial charge on any atom is -0.315 e. The van der Waals surface area contributed by atoms with Crippen LogP contribution in [0.15, 0.2) is 10.3 Å². The molecule has 0 amide bonds. The summed E-state index contributed by atoms with van der Waals surface area (Å²) in [5.74, 6) is 0. The summed E-state index contributed by atoms with van der Waals surface area (Å²) in [6.07, 6.45) is 2.39. The van der Waals surface area contributed by atoms with Crippen LogP contribution in [0.1, 0.15) is 50.5 Å². The van der Waals surface area contributed by atoms with Crippen molar-refractivity contribution in [1.29, 1.82) is 0 Å². The Hall–Kier alpha value is -0.430. The lowest BCUT2D eigenvalue weighted by Crippen LogP contribution is -2.47. The maximum atomic E-state index is 12.8. The normalized spacial score (nSPS) is 12.8. The van der Waals surface area contributed by atoms with Gasteiger partial charge in [-0.3, -0.25) is 0 Å². The molecule has 20 heavy (non-hydrogen) atoms. The fourth-order valence-electron chi connectivity index (χ4n) is 2.43. The topological polar surface area (TPSA) is 58.2 Å². The molecule has 0 unspecified atom stereocenters. The molecule has 1 heterocycles. The van der Waals surface area contributed by atoms with Crippen molar-refractivity contribution in [3.05, 3.63) is 15.8 Å². The second-order valence-corrected chi connectivity index (χ2v) is 7.73. The highest BCUT2D eigenvalue weighted by molar-refractivity contribution is 7.89. The van der Waals surface area contributed by atoms with Crippen molar-refractivity contribution < 1.29 is 8.42 Å². The molecular weight excluding hydrogens is 292 g/mol. The summed E-state index contributed by atoms with van der Waals surface area (Å²) in [6, 6.07) is 0. The SMILES string of the molecule is CCC(CC)(CC)NS(=O)(=O)c1c(C)csc1CNC. The minimum absolute atomic E-state index is 0.343. The van der Waals surface area contributed by atoms with Gasteiger partial charge in [-0.05, 0) is 44.2 Å². The Morgan fingerprint density at radius 2 is 1.75 bits per heavy atom. The summed E-state index contributed by atoms with van der Waals surface area (Å²) >= 11 is 1.49. The van der Waals surface area contributed by atoms with Crippen LogP contribution in [0.25, 0.3) is 0 Å². The highest BCUT2D eigenvalue weighted by atomic mass is 32.2. The third-order valence-electron chi connectivity index (χ3n) is 3.98. The molecule has 0 aliphatic heterocycles. The van der Waals surface area contributed by atoms with Gasteiger partial charge in [0.25, 0.3) is 0 Å². The smallest absolute Gasteiger partial charge is 0.242 e. The lowest BCUT2D eigenvalue weighted by atomic mass is 9.91. The highest BCUT2D eigenvalue weighted by Crippen LogP contribution is 2.29. The van der Waals surface area contributed by atoms with Gasteiger partial charge in [0.15, 0.2) is 0 Å². The third kappa shape index (κ3) is 3.61. The zero-order valence-corrected chi connectivity index (χ0v) is 14.7. The van der Waals surface area contributed by atoms with E-state index in [-0.39, 0.29) is 5.54 Å². The van der Waals surface area contributed by atoms with Crippen LogP contribution in [0.5, 0.6) is 0 Å². The molecule has 116 valence electrons. The van der Waals surface area contributed by atoms with E-state index in [0.717, 1.165) is 29.7 Å². The number of sulfonamides is 1. The number of thiophene rings is 1. The van der Waals surface area contributed by atoms with Gasteiger partial charge in [0.05, 0.1) is 0 Å². The lowest BCUT2D eigenvalue weighted by molar-refractivity contribution is 0.341. The van der Waals surface area contributed by atoms with Crippen LogP contribution in [0.4, 0.5) is 0 Å². The van der Waals surface area contributed by atoms with Crippen LogP contribution in [-0.4, -0.2) is 21.0 Å². The molecule has 6 heteroatoms. The zero-order valence-electron chi connectivity index (χ0n) is 13.0. The van der Waals surface area contributed by atoms with Crippen molar-refractivity contribution in [2.24, 2.45) is 0 Å². The molecular formula is C14H26N2O2S2. The molecule has 0 radical (unpaired) electrons. The van der Waals surface area contributed by atoms with Crippen molar-refractivity contribution in [2.45, 2.75) is 63.9 Å². The molecule has 0 atom stereocenters. The Labute approximate surface area is 127 Å². The Morgan fingerprint density at radius 1 is 1.20 bits per heavy atom. The van der Waals surface area contributed by atoms with Crippen LogP contribution < -0.4 is 10.0 Å². The Bertz CT molecular complexity index is 523. The number of hydrogen-bond donors (Lipinski definition) is 2. The van der Waals surface area contributed by atoms with Crippen LogP contribution in [0, 0.1) is 6.92 Å². The Morgan fingerprint density at radius 3 is 2.20 bits per heavy atom. The number of aryl methyl sites for hydroxylation is 1. The maximum Gasteiger partial charge on any atom is 0.242 e. The van der Waals surface area contributed by atoms with Crippen molar-refractivity contribution >= 4 is 21.4 Å². The summed E-state index contributed by atoms with van der Waals surface area (Å²) in [5.41, 5.74) is 0.481. The average Bonchev–Trinajstić information content (AvgIpc) is 2.78. The van der Waals surface area contributed by atoms with E-state index in [4.69, 9.17) is 0 Å². The fraction of sp³-hybridized carbons (Fsp3) is 0.714. The van der Waals surface area contributed by atoms with Crippen LogP contribution in [0.3, 0.4) is 0 Å². The van der Waals surface area contributed by atoms with Gasteiger partial charge < -0.3 is 5.32 Å². The predicted molar refractivity (Wildman–Crippen MR) is 85.7 cm³/mol. The van der Waals surface area contributed by atoms with Gasteiger partial charge in [-0.2, -0.15) is 0 Å². The van der Waals surface area contributed by atoms with Crippen molar-refractivity contribution in [3.8, 4) is 0 Å². The van der Waals surface area contributed by atoms with Gasteiger partial charge in [-0.1, -0.05) is 20.8 Å². The number of hydrogen-bond acceptors (Lipinski definition) is 4. The molecule has 0 spiro atoms. The monoisotopic (exact) mass is 318 g/mol. The van der Waals surface area contributed by atoms with Gasteiger partial charge in [-0.15, -0.1) is 11.3 Å². The average molecular weight is 319 g/mol. The van der Waals surface area contributed by atoms with E-state index in [1.165, 1.54) is 11.3 Å². The van der Waals surface area contributed by atoms with Crippen molar-refractivity contribution in [2.75, 3.05) is 7.05 Å². The van der Waals surface area contributed by atoms with E-state index in [2.05, 4.69) is 10.0 Å². The molecule has 4 nitrogen and oxygen atoms in total. The van der Waals surface area contributed by atoms with Gasteiger partial charge in [-0.25, -0.2) is 13.1 Å². The molecule has 2 N–H and O–H groups in total. The Balaban J connectivity index is 3.20. The second-order valence-electron chi connectivity index (χ2n) is 5.15. The molecule has 0 aliphatic rings. The van der Waals surface area contributed by atoms with Crippen molar-refractivity contribution in [3.63, 3.8) is 0 Å². The molecule has 0 bridgehead atoms.